The minimum absolute atomic E-state index is 0.414. The van der Waals surface area contributed by atoms with Gasteiger partial charge in [-0.25, -0.2) is 0 Å². The molecule has 0 saturated heterocycles. The lowest BCUT2D eigenvalue weighted by Gasteiger charge is -2.43. The molecule has 2 rings (SSSR count). The van der Waals surface area contributed by atoms with Gasteiger partial charge in [0.05, 0.1) is 5.54 Å². The van der Waals surface area contributed by atoms with Gasteiger partial charge in [-0.1, -0.05) is 39.3 Å². The molecule has 3 unspecified atom stereocenters. The van der Waals surface area contributed by atoms with Crippen molar-refractivity contribution >= 4 is 0 Å². The van der Waals surface area contributed by atoms with E-state index in [9.17, 15) is 0 Å². The molecule has 1 saturated carbocycles. The molecule has 3 atom stereocenters. The van der Waals surface area contributed by atoms with Crippen molar-refractivity contribution in [2.24, 2.45) is 23.5 Å². The maximum absolute atomic E-state index is 6.70. The van der Waals surface area contributed by atoms with E-state index in [0.717, 1.165) is 19.3 Å². The molecule has 4 nitrogen and oxygen atoms in total. The van der Waals surface area contributed by atoms with Gasteiger partial charge in [0.2, 0.25) is 5.89 Å². The lowest BCUT2D eigenvalue weighted by atomic mass is 9.65. The molecule has 0 radical (unpaired) electrons. The van der Waals surface area contributed by atoms with E-state index in [4.69, 9.17) is 10.3 Å². The number of hydrogen-bond donors (Lipinski definition) is 1. The Bertz CT molecular complexity index is 401. The fourth-order valence-electron chi connectivity index (χ4n) is 3.32. The third-order valence-electron chi connectivity index (χ3n) is 4.31. The topological polar surface area (TPSA) is 64.9 Å². The van der Waals surface area contributed by atoms with Crippen LogP contribution in [0, 0.1) is 17.8 Å². The van der Waals surface area contributed by atoms with Crippen LogP contribution in [0.1, 0.15) is 58.7 Å². The number of rotatable bonds is 3. The second-order valence-electron chi connectivity index (χ2n) is 6.14. The van der Waals surface area contributed by atoms with E-state index in [1.165, 1.54) is 6.42 Å². The fraction of sp³-hybridized carbons (Fsp3) is 0.857. The summed E-state index contributed by atoms with van der Waals surface area (Å²) >= 11 is 0. The van der Waals surface area contributed by atoms with Crippen LogP contribution in [0.25, 0.3) is 0 Å². The first-order valence-corrected chi connectivity index (χ1v) is 7.09. The highest BCUT2D eigenvalue weighted by atomic mass is 16.5. The number of nitrogens with two attached hydrogens (primary N) is 1. The zero-order chi connectivity index (χ0) is 13.3. The lowest BCUT2D eigenvalue weighted by molar-refractivity contribution is 0.0983. The van der Waals surface area contributed by atoms with Crippen LogP contribution in [0.5, 0.6) is 0 Å². The highest BCUT2D eigenvalue weighted by Crippen LogP contribution is 2.44. The molecule has 0 aromatic carbocycles. The highest BCUT2D eigenvalue weighted by molar-refractivity contribution is 5.10. The summed E-state index contributed by atoms with van der Waals surface area (Å²) in [4.78, 5) is 4.49. The smallest absolute Gasteiger partial charge is 0.226 e. The number of hydrogen-bond acceptors (Lipinski definition) is 4. The van der Waals surface area contributed by atoms with Gasteiger partial charge in [0, 0.05) is 6.42 Å². The zero-order valence-electron chi connectivity index (χ0n) is 11.9. The van der Waals surface area contributed by atoms with Crippen molar-refractivity contribution in [3.8, 4) is 0 Å². The summed E-state index contributed by atoms with van der Waals surface area (Å²) in [6.45, 7) is 8.76. The van der Waals surface area contributed by atoms with E-state index < -0.39 is 5.54 Å². The lowest BCUT2D eigenvalue weighted by Crippen LogP contribution is -2.51. The highest BCUT2D eigenvalue weighted by Gasteiger charge is 2.45. The maximum Gasteiger partial charge on any atom is 0.226 e. The summed E-state index contributed by atoms with van der Waals surface area (Å²) in [5.41, 5.74) is 6.29. The van der Waals surface area contributed by atoms with Gasteiger partial charge in [-0.2, -0.15) is 4.98 Å². The molecule has 2 N–H and O–H groups in total. The van der Waals surface area contributed by atoms with Crippen LogP contribution in [-0.4, -0.2) is 10.1 Å². The average Bonchev–Trinajstić information content (AvgIpc) is 2.77. The number of aromatic nitrogens is 2. The van der Waals surface area contributed by atoms with Gasteiger partial charge >= 0.3 is 0 Å². The first kappa shape index (κ1) is 13.5. The normalized spacial score (nSPS) is 33.0. The molecule has 1 aromatic rings. The van der Waals surface area contributed by atoms with Crippen LogP contribution in [0.3, 0.4) is 0 Å². The van der Waals surface area contributed by atoms with Gasteiger partial charge in [-0.15, -0.1) is 0 Å². The van der Waals surface area contributed by atoms with Gasteiger partial charge in [-0.05, 0) is 30.6 Å². The first-order chi connectivity index (χ1) is 8.47. The molecule has 18 heavy (non-hydrogen) atoms. The Labute approximate surface area is 109 Å². The van der Waals surface area contributed by atoms with Crippen molar-refractivity contribution in [3.63, 3.8) is 0 Å². The SMILES string of the molecule is CCc1nc(C2(N)CC(C)CCC2C(C)C)no1. The Morgan fingerprint density at radius 2 is 2.17 bits per heavy atom. The van der Waals surface area contributed by atoms with Crippen molar-refractivity contribution in [2.75, 3.05) is 0 Å². The molecule has 1 aliphatic rings. The van der Waals surface area contributed by atoms with Crippen LogP contribution in [0.4, 0.5) is 0 Å². The fourth-order valence-corrected chi connectivity index (χ4v) is 3.32. The van der Waals surface area contributed by atoms with E-state index in [0.29, 0.717) is 29.5 Å². The Balaban J connectivity index is 2.33. The molecular formula is C14H25N3O. The molecule has 0 aliphatic heterocycles. The Morgan fingerprint density at radius 3 is 2.72 bits per heavy atom. The van der Waals surface area contributed by atoms with Crippen molar-refractivity contribution < 1.29 is 4.52 Å². The zero-order valence-corrected chi connectivity index (χ0v) is 11.9. The summed E-state index contributed by atoms with van der Waals surface area (Å²) in [7, 11) is 0. The van der Waals surface area contributed by atoms with Gasteiger partial charge < -0.3 is 10.3 Å². The third kappa shape index (κ3) is 2.30. The Morgan fingerprint density at radius 1 is 1.44 bits per heavy atom. The molecule has 1 fully saturated rings. The molecular weight excluding hydrogens is 226 g/mol. The summed E-state index contributed by atoms with van der Waals surface area (Å²) in [5.74, 6) is 3.02. The van der Waals surface area contributed by atoms with E-state index in [1.807, 2.05) is 6.92 Å². The molecule has 1 aliphatic carbocycles. The Hall–Kier alpha value is -0.900. The van der Waals surface area contributed by atoms with Gasteiger partial charge in [0.25, 0.3) is 0 Å². The van der Waals surface area contributed by atoms with Crippen molar-refractivity contribution in [3.05, 3.63) is 11.7 Å². The minimum atomic E-state index is -0.414. The first-order valence-electron chi connectivity index (χ1n) is 7.09. The molecule has 1 heterocycles. The van der Waals surface area contributed by atoms with E-state index in [2.05, 4.69) is 30.9 Å². The van der Waals surface area contributed by atoms with Gasteiger partial charge in [0.1, 0.15) is 0 Å². The summed E-state index contributed by atoms with van der Waals surface area (Å²) < 4.78 is 5.25. The van der Waals surface area contributed by atoms with Gasteiger partial charge in [-0.3, -0.25) is 0 Å². The summed E-state index contributed by atoms with van der Waals surface area (Å²) in [6, 6.07) is 0. The Kier molecular flexibility index (Phi) is 3.76. The molecule has 1 aromatic heterocycles. The predicted molar refractivity (Wildman–Crippen MR) is 70.9 cm³/mol. The van der Waals surface area contributed by atoms with Crippen LogP contribution in [0.2, 0.25) is 0 Å². The maximum atomic E-state index is 6.70. The van der Waals surface area contributed by atoms with Crippen molar-refractivity contribution in [1.29, 1.82) is 0 Å². The second-order valence-corrected chi connectivity index (χ2v) is 6.14. The van der Waals surface area contributed by atoms with E-state index in [-0.39, 0.29) is 0 Å². The number of aryl methyl sites for hydroxylation is 1. The molecule has 0 amide bonds. The van der Waals surface area contributed by atoms with Crippen LogP contribution in [0.15, 0.2) is 4.52 Å². The standard InChI is InChI=1S/C14H25N3O/c1-5-12-16-13(17-18-12)14(15)8-10(4)6-7-11(14)9(2)3/h9-11H,5-8,15H2,1-4H3. The average molecular weight is 251 g/mol. The predicted octanol–water partition coefficient (Wildman–Crippen LogP) is 2.88. The summed E-state index contributed by atoms with van der Waals surface area (Å²) in [5, 5.41) is 4.14. The van der Waals surface area contributed by atoms with Crippen LogP contribution < -0.4 is 5.73 Å². The van der Waals surface area contributed by atoms with Crippen molar-refractivity contribution in [2.45, 2.75) is 58.9 Å². The van der Waals surface area contributed by atoms with E-state index >= 15 is 0 Å². The molecule has 0 bridgehead atoms. The van der Waals surface area contributed by atoms with E-state index in [1.54, 1.807) is 0 Å². The third-order valence-corrected chi connectivity index (χ3v) is 4.31. The van der Waals surface area contributed by atoms with Crippen molar-refractivity contribution in [1.82, 2.24) is 10.1 Å². The number of nitrogens with zero attached hydrogens (tertiary/aromatic N) is 2. The van der Waals surface area contributed by atoms with Gasteiger partial charge in [0.15, 0.2) is 5.82 Å². The monoisotopic (exact) mass is 251 g/mol. The molecule has 0 spiro atoms. The summed E-state index contributed by atoms with van der Waals surface area (Å²) in [6.07, 6.45) is 4.13. The van der Waals surface area contributed by atoms with Crippen LogP contribution >= 0.6 is 0 Å². The second kappa shape index (κ2) is 5.00. The largest absolute Gasteiger partial charge is 0.339 e. The quantitative estimate of drug-likeness (QED) is 0.897. The minimum Gasteiger partial charge on any atom is -0.339 e. The molecule has 102 valence electrons. The molecule has 4 heteroatoms. The van der Waals surface area contributed by atoms with Crippen LogP contribution in [-0.2, 0) is 12.0 Å².